The summed E-state index contributed by atoms with van der Waals surface area (Å²) >= 11 is 0.815. The molecular formula is C18H17F3N2O6S. The lowest BCUT2D eigenvalue weighted by Gasteiger charge is -2.14. The topological polar surface area (TPSA) is 103 Å². The van der Waals surface area contributed by atoms with Crippen molar-refractivity contribution in [2.75, 3.05) is 31.4 Å². The highest BCUT2D eigenvalue weighted by molar-refractivity contribution is 7.18. The lowest BCUT2D eigenvalue weighted by atomic mass is 10.1. The Morgan fingerprint density at radius 2 is 1.70 bits per heavy atom. The van der Waals surface area contributed by atoms with Gasteiger partial charge in [-0.2, -0.15) is 0 Å². The third-order valence-electron chi connectivity index (χ3n) is 3.71. The Bertz CT molecular complexity index is 958. The Kier molecular flexibility index (Phi) is 7.27. The van der Waals surface area contributed by atoms with E-state index in [0.29, 0.717) is 0 Å². The summed E-state index contributed by atoms with van der Waals surface area (Å²) in [6, 6.07) is 5.20. The van der Waals surface area contributed by atoms with Crippen LogP contribution in [0.4, 0.5) is 23.9 Å². The third kappa shape index (κ3) is 5.63. The van der Waals surface area contributed by atoms with Crippen LogP contribution in [0.5, 0.6) is 5.75 Å². The predicted molar refractivity (Wildman–Crippen MR) is 102 cm³/mol. The number of para-hydroxylation sites is 2. The van der Waals surface area contributed by atoms with Crippen molar-refractivity contribution < 1.29 is 41.8 Å². The Hall–Kier alpha value is -3.28. The summed E-state index contributed by atoms with van der Waals surface area (Å²) in [5, 5.41) is 5.03. The highest BCUT2D eigenvalue weighted by Gasteiger charge is 2.32. The van der Waals surface area contributed by atoms with Crippen molar-refractivity contribution in [1.82, 2.24) is 0 Å². The van der Waals surface area contributed by atoms with Crippen molar-refractivity contribution in [3.8, 4) is 5.75 Å². The summed E-state index contributed by atoms with van der Waals surface area (Å²) < 4.78 is 50.7. The molecule has 0 aliphatic rings. The molecule has 0 aliphatic heterocycles. The number of anilines is 2. The molecule has 0 unspecified atom stereocenters. The first-order chi connectivity index (χ1) is 14.1. The Morgan fingerprint density at radius 3 is 2.30 bits per heavy atom. The zero-order valence-corrected chi connectivity index (χ0v) is 16.8. The fourth-order valence-electron chi connectivity index (χ4n) is 2.41. The van der Waals surface area contributed by atoms with E-state index in [9.17, 15) is 27.6 Å². The minimum atomic E-state index is -4.89. The number of methoxy groups -OCH3 is 2. The van der Waals surface area contributed by atoms with E-state index < -0.39 is 36.5 Å². The second kappa shape index (κ2) is 9.48. The van der Waals surface area contributed by atoms with Crippen LogP contribution in [0.15, 0.2) is 24.3 Å². The second-order valence-corrected chi connectivity index (χ2v) is 6.71. The molecule has 0 radical (unpaired) electrons. The number of carbonyl (C=O) groups is 3. The van der Waals surface area contributed by atoms with Gasteiger partial charge in [0.2, 0.25) is 5.91 Å². The zero-order valence-electron chi connectivity index (χ0n) is 16.0. The van der Waals surface area contributed by atoms with E-state index >= 15 is 0 Å². The molecule has 1 aromatic heterocycles. The Balaban J connectivity index is 2.18. The molecule has 1 aromatic carbocycles. The highest BCUT2D eigenvalue weighted by atomic mass is 32.1. The molecule has 30 heavy (non-hydrogen) atoms. The Labute approximate surface area is 172 Å². The van der Waals surface area contributed by atoms with Crippen LogP contribution < -0.4 is 15.4 Å². The van der Waals surface area contributed by atoms with E-state index in [-0.39, 0.29) is 26.7 Å². The monoisotopic (exact) mass is 446 g/mol. The predicted octanol–water partition coefficient (Wildman–Crippen LogP) is 3.58. The molecular weight excluding hydrogens is 429 g/mol. The number of alkyl halides is 3. The quantitative estimate of drug-likeness (QED) is 0.627. The van der Waals surface area contributed by atoms with Crippen LogP contribution in [0.3, 0.4) is 0 Å². The second-order valence-electron chi connectivity index (χ2n) is 5.69. The SMILES string of the molecule is COC(=O)c1sc(NC(=O)CNc2ccccc2OC(F)(F)F)c(C(=O)OC)c1C. The average Bonchev–Trinajstić information content (AvgIpc) is 3.00. The van der Waals surface area contributed by atoms with Crippen LogP contribution in [-0.2, 0) is 14.3 Å². The molecule has 0 saturated carbocycles. The van der Waals surface area contributed by atoms with E-state index in [1.807, 2.05) is 0 Å². The molecule has 0 aliphatic carbocycles. The number of carbonyl (C=O) groups excluding carboxylic acids is 3. The van der Waals surface area contributed by atoms with Gasteiger partial charge in [0.15, 0.2) is 5.75 Å². The molecule has 1 amide bonds. The first-order valence-corrected chi connectivity index (χ1v) is 9.07. The fourth-order valence-corrected chi connectivity index (χ4v) is 3.54. The average molecular weight is 446 g/mol. The minimum Gasteiger partial charge on any atom is -0.465 e. The van der Waals surface area contributed by atoms with Crippen molar-refractivity contribution >= 4 is 39.9 Å². The maximum Gasteiger partial charge on any atom is 0.573 e. The number of nitrogens with one attached hydrogen (secondary N) is 2. The summed E-state index contributed by atoms with van der Waals surface area (Å²) in [6.45, 7) is 1.05. The molecule has 1 heterocycles. The third-order valence-corrected chi connectivity index (χ3v) is 4.90. The zero-order chi connectivity index (χ0) is 22.5. The number of esters is 2. The molecule has 162 valence electrons. The maximum atomic E-state index is 12.5. The van der Waals surface area contributed by atoms with Crippen molar-refractivity contribution in [2.45, 2.75) is 13.3 Å². The number of hydrogen-bond donors (Lipinski definition) is 2. The fraction of sp³-hybridized carbons (Fsp3) is 0.278. The maximum absolute atomic E-state index is 12.5. The van der Waals surface area contributed by atoms with Crippen molar-refractivity contribution in [1.29, 1.82) is 0 Å². The van der Waals surface area contributed by atoms with Gasteiger partial charge in [-0.1, -0.05) is 12.1 Å². The van der Waals surface area contributed by atoms with Crippen molar-refractivity contribution in [2.24, 2.45) is 0 Å². The van der Waals surface area contributed by atoms with Crippen molar-refractivity contribution in [3.63, 3.8) is 0 Å². The largest absolute Gasteiger partial charge is 0.573 e. The van der Waals surface area contributed by atoms with E-state index in [0.717, 1.165) is 24.5 Å². The number of rotatable bonds is 7. The van der Waals surface area contributed by atoms with E-state index in [4.69, 9.17) is 0 Å². The molecule has 0 atom stereocenters. The summed E-state index contributed by atoms with van der Waals surface area (Å²) in [7, 11) is 2.31. The molecule has 0 bridgehead atoms. The number of hydrogen-bond acceptors (Lipinski definition) is 8. The number of benzene rings is 1. The summed E-state index contributed by atoms with van der Waals surface area (Å²) in [5.74, 6) is -2.65. The summed E-state index contributed by atoms with van der Waals surface area (Å²) in [4.78, 5) is 36.3. The smallest absolute Gasteiger partial charge is 0.465 e. The number of thiophene rings is 1. The molecule has 2 rings (SSSR count). The van der Waals surface area contributed by atoms with Gasteiger partial charge in [-0.3, -0.25) is 4.79 Å². The highest BCUT2D eigenvalue weighted by Crippen LogP contribution is 2.34. The van der Waals surface area contributed by atoms with Gasteiger partial charge in [0, 0.05) is 0 Å². The molecule has 2 N–H and O–H groups in total. The normalized spacial score (nSPS) is 10.9. The van der Waals surface area contributed by atoms with E-state index in [1.165, 1.54) is 32.2 Å². The Morgan fingerprint density at radius 1 is 1.07 bits per heavy atom. The lowest BCUT2D eigenvalue weighted by Crippen LogP contribution is -2.23. The molecule has 0 fully saturated rings. The van der Waals surface area contributed by atoms with E-state index in [1.54, 1.807) is 0 Å². The van der Waals surface area contributed by atoms with Crippen LogP contribution >= 0.6 is 11.3 Å². The lowest BCUT2D eigenvalue weighted by molar-refractivity contribution is -0.274. The van der Waals surface area contributed by atoms with Crippen molar-refractivity contribution in [3.05, 3.63) is 40.3 Å². The number of ether oxygens (including phenoxy) is 3. The molecule has 2 aromatic rings. The van der Waals surface area contributed by atoms with E-state index in [2.05, 4.69) is 24.8 Å². The number of halogens is 3. The summed E-state index contributed by atoms with van der Waals surface area (Å²) in [6.07, 6.45) is -4.89. The van der Waals surface area contributed by atoms with Gasteiger partial charge >= 0.3 is 18.3 Å². The first kappa shape index (κ1) is 23.0. The van der Waals surface area contributed by atoms with Crippen LogP contribution in [0.1, 0.15) is 25.6 Å². The number of amides is 1. The minimum absolute atomic E-state index is 0.0166. The van der Waals surface area contributed by atoms with Crippen LogP contribution in [0.25, 0.3) is 0 Å². The standard InChI is InChI=1S/C18H17F3N2O6S/c1-9-13(16(25)27-2)15(30-14(9)17(26)28-3)23-12(24)8-22-10-6-4-5-7-11(10)29-18(19,20)21/h4-7,22H,8H2,1-3H3,(H,23,24). The molecule has 8 nitrogen and oxygen atoms in total. The van der Waals surface area contributed by atoms with Gasteiger partial charge in [0.25, 0.3) is 0 Å². The molecule has 0 spiro atoms. The first-order valence-electron chi connectivity index (χ1n) is 8.26. The molecule has 12 heteroatoms. The van der Waals surface area contributed by atoms with Gasteiger partial charge in [-0.15, -0.1) is 24.5 Å². The van der Waals surface area contributed by atoms with Gasteiger partial charge in [-0.25, -0.2) is 9.59 Å². The van der Waals surface area contributed by atoms with Crippen LogP contribution in [-0.4, -0.2) is 45.0 Å². The van der Waals surface area contributed by atoms with Crippen LogP contribution in [0, 0.1) is 6.92 Å². The van der Waals surface area contributed by atoms with Crippen LogP contribution in [0.2, 0.25) is 0 Å². The van der Waals surface area contributed by atoms with Gasteiger partial charge < -0.3 is 24.8 Å². The van der Waals surface area contributed by atoms with Gasteiger partial charge in [0.05, 0.1) is 32.0 Å². The summed E-state index contributed by atoms with van der Waals surface area (Å²) in [5.41, 5.74) is 0.193. The van der Waals surface area contributed by atoms with Gasteiger partial charge in [-0.05, 0) is 24.6 Å². The molecule has 0 saturated heterocycles. The van der Waals surface area contributed by atoms with Gasteiger partial charge in [0.1, 0.15) is 9.88 Å².